The summed E-state index contributed by atoms with van der Waals surface area (Å²) in [5.41, 5.74) is 7.51. The summed E-state index contributed by atoms with van der Waals surface area (Å²) in [6.07, 6.45) is 1.48. The highest BCUT2D eigenvalue weighted by molar-refractivity contribution is 6.34. The number of carbonyl (C=O) groups is 1. The third-order valence-electron chi connectivity index (χ3n) is 3.10. The summed E-state index contributed by atoms with van der Waals surface area (Å²) >= 11 is 6.04. The fraction of sp³-hybridized carbons (Fsp3) is 0.154. The van der Waals surface area contributed by atoms with Gasteiger partial charge in [0.1, 0.15) is 0 Å². The van der Waals surface area contributed by atoms with Gasteiger partial charge in [-0.25, -0.2) is 0 Å². The molecule has 0 saturated carbocycles. The number of amidine groups is 1. The van der Waals surface area contributed by atoms with Crippen LogP contribution in [0.1, 0.15) is 21.6 Å². The van der Waals surface area contributed by atoms with Crippen LogP contribution in [-0.4, -0.2) is 26.7 Å². The van der Waals surface area contributed by atoms with Crippen LogP contribution in [0.25, 0.3) is 0 Å². The minimum atomic E-state index is -0.334. The van der Waals surface area contributed by atoms with Crippen molar-refractivity contribution in [2.45, 2.75) is 6.92 Å². The van der Waals surface area contributed by atoms with Gasteiger partial charge in [0.2, 0.25) is 0 Å². The fourth-order valence-electron chi connectivity index (χ4n) is 1.75. The first-order valence-electron chi connectivity index (χ1n) is 6.01. The molecule has 0 aliphatic heterocycles. The summed E-state index contributed by atoms with van der Waals surface area (Å²) in [7, 11) is 1.75. The van der Waals surface area contributed by atoms with E-state index in [-0.39, 0.29) is 11.7 Å². The van der Waals surface area contributed by atoms with Gasteiger partial charge in [-0.05, 0) is 25.1 Å². The number of nitrogens with two attached hydrogens (primary N) is 1. The summed E-state index contributed by atoms with van der Waals surface area (Å²) in [6, 6.07) is 4.67. The van der Waals surface area contributed by atoms with Crippen LogP contribution < -0.4 is 11.1 Å². The Kier molecular flexibility index (Phi) is 4.13. The number of hydrogen-bond acceptors (Lipinski definition) is 4. The van der Waals surface area contributed by atoms with E-state index in [9.17, 15) is 4.79 Å². The number of carbonyl (C=O) groups excluding carboxylic acids is 1. The maximum atomic E-state index is 12.2. The number of nitrogens with zero attached hydrogens (tertiary/aromatic N) is 3. The molecule has 0 aliphatic carbocycles. The zero-order chi connectivity index (χ0) is 15.6. The number of nitrogens with one attached hydrogen (secondary N) is 1. The molecule has 0 atom stereocenters. The van der Waals surface area contributed by atoms with Crippen LogP contribution in [0.3, 0.4) is 0 Å². The van der Waals surface area contributed by atoms with E-state index in [1.807, 2.05) is 0 Å². The first kappa shape index (κ1) is 14.9. The van der Waals surface area contributed by atoms with Crippen LogP contribution in [0.15, 0.2) is 29.6 Å². The van der Waals surface area contributed by atoms with E-state index in [0.717, 1.165) is 5.69 Å². The van der Waals surface area contributed by atoms with E-state index in [0.29, 0.717) is 21.8 Å². The minimum Gasteiger partial charge on any atom is -0.409 e. The third-order valence-corrected chi connectivity index (χ3v) is 3.43. The Morgan fingerprint density at radius 3 is 2.81 bits per heavy atom. The van der Waals surface area contributed by atoms with E-state index < -0.39 is 0 Å². The molecule has 0 radical (unpaired) electrons. The van der Waals surface area contributed by atoms with Gasteiger partial charge in [0.25, 0.3) is 5.91 Å². The summed E-state index contributed by atoms with van der Waals surface area (Å²) < 4.78 is 1.60. The lowest BCUT2D eigenvalue weighted by Crippen LogP contribution is -2.16. The van der Waals surface area contributed by atoms with Crippen molar-refractivity contribution in [3.8, 4) is 0 Å². The Balaban J connectivity index is 2.31. The number of aryl methyl sites for hydroxylation is 1. The SMILES string of the molecule is Cc1c(C(=O)Nc2cc(/C(N)=N/O)ccc2Cl)cnn1C. The number of oxime groups is 1. The third kappa shape index (κ3) is 2.97. The minimum absolute atomic E-state index is 0.0697. The lowest BCUT2D eigenvalue weighted by Gasteiger charge is -2.09. The molecule has 1 aromatic carbocycles. The molecule has 0 aliphatic rings. The van der Waals surface area contributed by atoms with Crippen molar-refractivity contribution < 1.29 is 10.0 Å². The molecule has 0 bridgehead atoms. The van der Waals surface area contributed by atoms with Crippen molar-refractivity contribution >= 4 is 29.0 Å². The first-order chi connectivity index (χ1) is 9.93. The summed E-state index contributed by atoms with van der Waals surface area (Å²) in [6.45, 7) is 1.79. The highest BCUT2D eigenvalue weighted by atomic mass is 35.5. The molecule has 1 aromatic heterocycles. The molecule has 21 heavy (non-hydrogen) atoms. The van der Waals surface area contributed by atoms with E-state index in [1.54, 1.807) is 30.8 Å². The first-order valence-corrected chi connectivity index (χ1v) is 6.39. The zero-order valence-corrected chi connectivity index (χ0v) is 12.2. The van der Waals surface area contributed by atoms with Crippen molar-refractivity contribution in [3.63, 3.8) is 0 Å². The molecule has 2 aromatic rings. The molecular formula is C13H14ClN5O2. The number of aromatic nitrogens is 2. The molecule has 110 valence electrons. The van der Waals surface area contributed by atoms with Crippen LogP contribution in [0.2, 0.25) is 5.02 Å². The molecule has 8 heteroatoms. The molecule has 0 spiro atoms. The van der Waals surface area contributed by atoms with Gasteiger partial charge in [-0.3, -0.25) is 9.48 Å². The van der Waals surface area contributed by atoms with Gasteiger partial charge < -0.3 is 16.3 Å². The van der Waals surface area contributed by atoms with Gasteiger partial charge in [0.05, 0.1) is 22.5 Å². The summed E-state index contributed by atoms with van der Waals surface area (Å²) in [4.78, 5) is 12.2. The second kappa shape index (κ2) is 5.84. The molecule has 0 saturated heterocycles. The Hall–Kier alpha value is -2.54. The topological polar surface area (TPSA) is 106 Å². The van der Waals surface area contributed by atoms with Gasteiger partial charge >= 0.3 is 0 Å². The standard InChI is InChI=1S/C13H14ClN5O2/c1-7-9(6-16-19(7)2)13(20)17-11-5-8(12(15)18-21)3-4-10(11)14/h3-6,21H,1-2H3,(H2,15,18)(H,17,20). The quantitative estimate of drug-likeness (QED) is 0.347. The van der Waals surface area contributed by atoms with Crippen molar-refractivity contribution in [2.24, 2.45) is 17.9 Å². The monoisotopic (exact) mass is 307 g/mol. The molecule has 1 heterocycles. The van der Waals surface area contributed by atoms with Gasteiger partial charge in [-0.2, -0.15) is 5.10 Å². The number of hydrogen-bond donors (Lipinski definition) is 3. The molecule has 0 fully saturated rings. The van der Waals surface area contributed by atoms with Crippen molar-refractivity contribution in [1.29, 1.82) is 0 Å². The summed E-state index contributed by atoms with van der Waals surface area (Å²) in [5.74, 6) is -0.404. The predicted molar refractivity (Wildman–Crippen MR) is 79.9 cm³/mol. The number of benzene rings is 1. The lowest BCUT2D eigenvalue weighted by atomic mass is 10.1. The maximum absolute atomic E-state index is 12.2. The van der Waals surface area contributed by atoms with E-state index in [2.05, 4.69) is 15.6 Å². The number of anilines is 1. The Morgan fingerprint density at radius 1 is 1.52 bits per heavy atom. The largest absolute Gasteiger partial charge is 0.409 e. The van der Waals surface area contributed by atoms with Crippen molar-refractivity contribution in [2.75, 3.05) is 5.32 Å². The van der Waals surface area contributed by atoms with E-state index in [1.165, 1.54) is 12.3 Å². The van der Waals surface area contributed by atoms with Crippen LogP contribution in [-0.2, 0) is 7.05 Å². The predicted octanol–water partition coefficient (Wildman–Crippen LogP) is 1.73. The second-order valence-corrected chi connectivity index (χ2v) is 4.81. The molecule has 0 unspecified atom stereocenters. The average molecular weight is 308 g/mol. The molecule has 2 rings (SSSR count). The molecule has 4 N–H and O–H groups in total. The molecule has 7 nitrogen and oxygen atoms in total. The Morgan fingerprint density at radius 2 is 2.24 bits per heavy atom. The molecule has 1 amide bonds. The second-order valence-electron chi connectivity index (χ2n) is 4.40. The lowest BCUT2D eigenvalue weighted by molar-refractivity contribution is 0.102. The summed E-state index contributed by atoms with van der Waals surface area (Å²) in [5, 5.41) is 18.6. The van der Waals surface area contributed by atoms with Gasteiger partial charge in [0.15, 0.2) is 5.84 Å². The van der Waals surface area contributed by atoms with Crippen LogP contribution in [0.5, 0.6) is 0 Å². The highest BCUT2D eigenvalue weighted by Crippen LogP contribution is 2.24. The average Bonchev–Trinajstić information content (AvgIpc) is 2.80. The Bertz CT molecular complexity index is 723. The normalized spacial score (nSPS) is 11.5. The zero-order valence-electron chi connectivity index (χ0n) is 11.5. The Labute approximate surface area is 126 Å². The highest BCUT2D eigenvalue weighted by Gasteiger charge is 2.15. The van der Waals surface area contributed by atoms with E-state index in [4.69, 9.17) is 22.5 Å². The maximum Gasteiger partial charge on any atom is 0.259 e. The van der Waals surface area contributed by atoms with Crippen LogP contribution >= 0.6 is 11.6 Å². The van der Waals surface area contributed by atoms with Crippen LogP contribution in [0, 0.1) is 6.92 Å². The molecular weight excluding hydrogens is 294 g/mol. The number of amides is 1. The van der Waals surface area contributed by atoms with Gasteiger partial charge in [-0.1, -0.05) is 16.8 Å². The van der Waals surface area contributed by atoms with Gasteiger partial charge in [0, 0.05) is 18.3 Å². The van der Waals surface area contributed by atoms with E-state index >= 15 is 0 Å². The van der Waals surface area contributed by atoms with Gasteiger partial charge in [-0.15, -0.1) is 0 Å². The fourth-order valence-corrected chi connectivity index (χ4v) is 1.91. The number of halogens is 1. The van der Waals surface area contributed by atoms with Crippen LogP contribution in [0.4, 0.5) is 5.69 Å². The van der Waals surface area contributed by atoms with Crippen molar-refractivity contribution in [3.05, 3.63) is 46.2 Å². The number of rotatable bonds is 3. The van der Waals surface area contributed by atoms with Crippen molar-refractivity contribution in [1.82, 2.24) is 9.78 Å². The smallest absolute Gasteiger partial charge is 0.259 e.